The average molecular weight is 254 g/mol. The van der Waals surface area contributed by atoms with Gasteiger partial charge in [-0.15, -0.1) is 0 Å². The summed E-state index contributed by atoms with van der Waals surface area (Å²) in [4.78, 5) is 14.5. The summed E-state index contributed by atoms with van der Waals surface area (Å²) >= 11 is 0. The van der Waals surface area contributed by atoms with E-state index in [-0.39, 0.29) is 12.0 Å². The van der Waals surface area contributed by atoms with Crippen molar-refractivity contribution in [3.05, 3.63) is 0 Å². The highest BCUT2D eigenvalue weighted by Gasteiger charge is 2.31. The summed E-state index contributed by atoms with van der Waals surface area (Å²) in [5, 5.41) is 3.37. The first-order valence-corrected chi connectivity index (χ1v) is 7.31. The van der Waals surface area contributed by atoms with Gasteiger partial charge >= 0.3 is 0 Å². The van der Waals surface area contributed by atoms with Gasteiger partial charge < -0.3 is 15.0 Å². The van der Waals surface area contributed by atoms with Crippen LogP contribution in [0.2, 0.25) is 0 Å². The lowest BCUT2D eigenvalue weighted by Crippen LogP contribution is -2.42. The molecule has 0 aromatic heterocycles. The fourth-order valence-corrected chi connectivity index (χ4v) is 3.00. The molecule has 2 aliphatic heterocycles. The molecule has 2 rings (SSSR count). The van der Waals surface area contributed by atoms with Crippen molar-refractivity contribution >= 4 is 5.91 Å². The predicted octanol–water partition coefficient (Wildman–Crippen LogP) is 1.26. The van der Waals surface area contributed by atoms with Crippen LogP contribution in [0.25, 0.3) is 0 Å². The fourth-order valence-electron chi connectivity index (χ4n) is 3.00. The minimum Gasteiger partial charge on any atom is -0.378 e. The molecule has 0 spiro atoms. The van der Waals surface area contributed by atoms with Crippen LogP contribution < -0.4 is 5.32 Å². The van der Waals surface area contributed by atoms with Crippen molar-refractivity contribution in [3.63, 3.8) is 0 Å². The SMILES string of the molecule is CCN(CC1CCNCC1)C(=O)C1COC(C)C1. The molecule has 2 fully saturated rings. The minimum absolute atomic E-state index is 0.0988. The first kappa shape index (κ1) is 13.8. The lowest BCUT2D eigenvalue weighted by molar-refractivity contribution is -0.136. The molecule has 2 heterocycles. The van der Waals surface area contributed by atoms with Crippen molar-refractivity contribution in [2.75, 3.05) is 32.8 Å². The standard InChI is InChI=1S/C14H26N2O2/c1-3-16(9-12-4-6-15-7-5-12)14(17)13-8-11(2)18-10-13/h11-13,15H,3-10H2,1-2H3. The van der Waals surface area contributed by atoms with Gasteiger partial charge in [0.05, 0.1) is 18.6 Å². The molecule has 0 bridgehead atoms. The van der Waals surface area contributed by atoms with Crippen LogP contribution in [0, 0.1) is 11.8 Å². The first-order chi connectivity index (χ1) is 8.70. The third-order valence-corrected chi connectivity index (χ3v) is 4.18. The highest BCUT2D eigenvalue weighted by molar-refractivity contribution is 5.79. The van der Waals surface area contributed by atoms with Crippen LogP contribution in [0.15, 0.2) is 0 Å². The van der Waals surface area contributed by atoms with Gasteiger partial charge in [-0.3, -0.25) is 4.79 Å². The molecule has 0 radical (unpaired) electrons. The van der Waals surface area contributed by atoms with E-state index in [1.165, 1.54) is 12.8 Å². The van der Waals surface area contributed by atoms with Gasteiger partial charge in [-0.25, -0.2) is 0 Å². The minimum atomic E-state index is 0.0988. The van der Waals surface area contributed by atoms with Crippen LogP contribution in [-0.2, 0) is 9.53 Å². The van der Waals surface area contributed by atoms with Crippen LogP contribution in [0.3, 0.4) is 0 Å². The quantitative estimate of drug-likeness (QED) is 0.821. The molecule has 0 aromatic carbocycles. The zero-order chi connectivity index (χ0) is 13.0. The molecule has 2 atom stereocenters. The van der Waals surface area contributed by atoms with Crippen LogP contribution in [0.5, 0.6) is 0 Å². The summed E-state index contributed by atoms with van der Waals surface area (Å²) < 4.78 is 5.51. The van der Waals surface area contributed by atoms with E-state index in [4.69, 9.17) is 4.74 Å². The van der Waals surface area contributed by atoms with Crippen molar-refractivity contribution in [1.82, 2.24) is 10.2 Å². The van der Waals surface area contributed by atoms with E-state index in [1.807, 2.05) is 4.90 Å². The Morgan fingerprint density at radius 2 is 2.11 bits per heavy atom. The van der Waals surface area contributed by atoms with Gasteiger partial charge in [0, 0.05) is 13.1 Å². The number of hydrogen-bond acceptors (Lipinski definition) is 3. The van der Waals surface area contributed by atoms with Gasteiger partial charge in [0.1, 0.15) is 0 Å². The van der Waals surface area contributed by atoms with Crippen LogP contribution >= 0.6 is 0 Å². The summed E-state index contributed by atoms with van der Waals surface area (Å²) in [6, 6.07) is 0. The molecule has 0 saturated carbocycles. The Morgan fingerprint density at radius 1 is 1.39 bits per heavy atom. The topological polar surface area (TPSA) is 41.6 Å². The van der Waals surface area contributed by atoms with E-state index in [0.29, 0.717) is 18.4 Å². The number of nitrogens with one attached hydrogen (secondary N) is 1. The number of nitrogens with zero attached hydrogens (tertiary/aromatic N) is 1. The lowest BCUT2D eigenvalue weighted by Gasteiger charge is -2.30. The molecule has 4 heteroatoms. The largest absolute Gasteiger partial charge is 0.378 e. The van der Waals surface area contributed by atoms with Gasteiger partial charge in [-0.05, 0) is 52.1 Å². The molecule has 18 heavy (non-hydrogen) atoms. The van der Waals surface area contributed by atoms with Crippen molar-refractivity contribution in [1.29, 1.82) is 0 Å². The molecule has 2 saturated heterocycles. The molecule has 2 aliphatic rings. The maximum Gasteiger partial charge on any atom is 0.228 e. The molecule has 0 aromatic rings. The second kappa shape index (κ2) is 6.53. The van der Waals surface area contributed by atoms with Crippen LogP contribution in [0.4, 0.5) is 0 Å². The highest BCUT2D eigenvalue weighted by Crippen LogP contribution is 2.22. The van der Waals surface area contributed by atoms with E-state index in [0.717, 1.165) is 32.6 Å². The van der Waals surface area contributed by atoms with Gasteiger partial charge in [0.15, 0.2) is 0 Å². The van der Waals surface area contributed by atoms with E-state index in [1.54, 1.807) is 0 Å². The summed E-state index contributed by atoms with van der Waals surface area (Å²) in [7, 11) is 0. The van der Waals surface area contributed by atoms with E-state index in [2.05, 4.69) is 19.2 Å². The summed E-state index contributed by atoms with van der Waals surface area (Å²) in [6.07, 6.45) is 3.53. The third kappa shape index (κ3) is 3.45. The van der Waals surface area contributed by atoms with Crippen molar-refractivity contribution < 1.29 is 9.53 Å². The Labute approximate surface area is 110 Å². The molecule has 2 unspecified atom stereocenters. The third-order valence-electron chi connectivity index (χ3n) is 4.18. The Hall–Kier alpha value is -0.610. The second-order valence-electron chi connectivity index (χ2n) is 5.65. The molecule has 104 valence electrons. The number of piperidine rings is 1. The normalized spacial score (nSPS) is 29.4. The van der Waals surface area contributed by atoms with Gasteiger partial charge in [-0.2, -0.15) is 0 Å². The van der Waals surface area contributed by atoms with E-state index in [9.17, 15) is 4.79 Å². The summed E-state index contributed by atoms with van der Waals surface area (Å²) in [5.41, 5.74) is 0. The maximum absolute atomic E-state index is 12.4. The van der Waals surface area contributed by atoms with E-state index >= 15 is 0 Å². The van der Waals surface area contributed by atoms with Crippen molar-refractivity contribution in [2.45, 2.75) is 39.2 Å². The lowest BCUT2D eigenvalue weighted by atomic mass is 9.96. The maximum atomic E-state index is 12.4. The Morgan fingerprint density at radius 3 is 2.67 bits per heavy atom. The number of ether oxygens (including phenoxy) is 1. The number of amides is 1. The van der Waals surface area contributed by atoms with Crippen LogP contribution in [-0.4, -0.2) is 49.7 Å². The Balaban J connectivity index is 1.85. The van der Waals surface area contributed by atoms with Gasteiger partial charge in [0.2, 0.25) is 5.91 Å². The highest BCUT2D eigenvalue weighted by atomic mass is 16.5. The Kier molecular flexibility index (Phi) is 5.01. The van der Waals surface area contributed by atoms with E-state index < -0.39 is 0 Å². The smallest absolute Gasteiger partial charge is 0.228 e. The van der Waals surface area contributed by atoms with Crippen molar-refractivity contribution in [3.8, 4) is 0 Å². The number of rotatable bonds is 4. The first-order valence-electron chi connectivity index (χ1n) is 7.31. The zero-order valence-corrected chi connectivity index (χ0v) is 11.7. The molecular weight excluding hydrogens is 228 g/mol. The van der Waals surface area contributed by atoms with Crippen LogP contribution in [0.1, 0.15) is 33.1 Å². The molecule has 4 nitrogen and oxygen atoms in total. The average Bonchev–Trinajstić information content (AvgIpc) is 2.83. The summed E-state index contributed by atoms with van der Waals surface area (Å²) in [6.45, 7) is 8.70. The molecule has 0 aliphatic carbocycles. The fraction of sp³-hybridized carbons (Fsp3) is 0.929. The van der Waals surface area contributed by atoms with Gasteiger partial charge in [-0.1, -0.05) is 0 Å². The number of carbonyl (C=O) groups excluding carboxylic acids is 1. The molecule has 1 amide bonds. The predicted molar refractivity (Wildman–Crippen MR) is 71.4 cm³/mol. The molecular formula is C14H26N2O2. The zero-order valence-electron chi connectivity index (χ0n) is 11.7. The summed E-state index contributed by atoms with van der Waals surface area (Å²) in [5.74, 6) is 1.08. The second-order valence-corrected chi connectivity index (χ2v) is 5.65. The van der Waals surface area contributed by atoms with Crippen molar-refractivity contribution in [2.24, 2.45) is 11.8 Å². The Bertz CT molecular complexity index is 277. The number of carbonyl (C=O) groups is 1. The van der Waals surface area contributed by atoms with Gasteiger partial charge in [0.25, 0.3) is 0 Å². The molecule has 1 N–H and O–H groups in total. The number of hydrogen-bond donors (Lipinski definition) is 1. The monoisotopic (exact) mass is 254 g/mol.